The quantitative estimate of drug-likeness (QED) is 0.588. The number of rotatable bonds is 5. The third-order valence-corrected chi connectivity index (χ3v) is 6.13. The molecule has 0 radical (unpaired) electrons. The summed E-state index contributed by atoms with van der Waals surface area (Å²) in [6, 6.07) is 7.41. The van der Waals surface area contributed by atoms with E-state index in [1.54, 1.807) is 6.20 Å². The molecule has 150 valence electrons. The molecule has 4 rings (SSSR count). The molecule has 29 heavy (non-hydrogen) atoms. The van der Waals surface area contributed by atoms with E-state index in [0.29, 0.717) is 42.4 Å². The molecule has 1 aliphatic heterocycles. The van der Waals surface area contributed by atoms with Gasteiger partial charge in [0.05, 0.1) is 16.6 Å². The second kappa shape index (κ2) is 8.25. The van der Waals surface area contributed by atoms with Crippen LogP contribution in [0.3, 0.4) is 0 Å². The average molecular weight is 478 g/mol. The lowest BCUT2D eigenvalue weighted by atomic mass is 10.2. The van der Waals surface area contributed by atoms with Gasteiger partial charge in [0.1, 0.15) is 0 Å². The standard InChI is InChI=1S/C17H16BrN7O3S/c18-12-4-2-1-3-11(12)16(28)23-5-7-24(8-6-23)17-19-9-13(29-17)15-20-22-25(21-15)10-14(26)27/h1-4,9H,5-8,10H2,(H,26,27). The van der Waals surface area contributed by atoms with Crippen LogP contribution in [0.25, 0.3) is 10.7 Å². The molecule has 1 aliphatic rings. The lowest BCUT2D eigenvalue weighted by Crippen LogP contribution is -2.48. The van der Waals surface area contributed by atoms with Crippen molar-refractivity contribution in [3.63, 3.8) is 0 Å². The number of hydrogen-bond donors (Lipinski definition) is 1. The summed E-state index contributed by atoms with van der Waals surface area (Å²) in [5, 5.41) is 21.3. The molecule has 3 heterocycles. The van der Waals surface area contributed by atoms with Gasteiger partial charge in [-0.1, -0.05) is 23.5 Å². The number of anilines is 1. The number of aromatic nitrogens is 5. The molecule has 12 heteroatoms. The number of thiazole rings is 1. The zero-order chi connectivity index (χ0) is 20.4. The summed E-state index contributed by atoms with van der Waals surface area (Å²) in [7, 11) is 0. The second-order valence-electron chi connectivity index (χ2n) is 6.30. The van der Waals surface area contributed by atoms with Crippen LogP contribution in [0.15, 0.2) is 34.9 Å². The maximum atomic E-state index is 12.7. The fraction of sp³-hybridized carbons (Fsp3) is 0.294. The number of nitrogens with zero attached hydrogens (tertiary/aromatic N) is 7. The molecule has 1 N–H and O–H groups in total. The summed E-state index contributed by atoms with van der Waals surface area (Å²) in [5.41, 5.74) is 0.660. The second-order valence-corrected chi connectivity index (χ2v) is 8.17. The fourth-order valence-corrected chi connectivity index (χ4v) is 4.30. The number of carbonyl (C=O) groups is 2. The number of carbonyl (C=O) groups excluding carboxylic acids is 1. The van der Waals surface area contributed by atoms with E-state index in [1.165, 1.54) is 11.3 Å². The predicted molar refractivity (Wildman–Crippen MR) is 109 cm³/mol. The molecule has 0 aliphatic carbocycles. The zero-order valence-corrected chi connectivity index (χ0v) is 17.5. The summed E-state index contributed by atoms with van der Waals surface area (Å²) in [5.74, 6) is -0.678. The molecule has 1 amide bonds. The van der Waals surface area contributed by atoms with Crippen molar-refractivity contribution >= 4 is 44.3 Å². The largest absolute Gasteiger partial charge is 0.480 e. The first kappa shape index (κ1) is 19.5. The summed E-state index contributed by atoms with van der Waals surface area (Å²) in [6.07, 6.45) is 1.65. The van der Waals surface area contributed by atoms with Gasteiger partial charge in [-0.2, -0.15) is 4.80 Å². The van der Waals surface area contributed by atoms with Gasteiger partial charge in [0.15, 0.2) is 11.7 Å². The zero-order valence-electron chi connectivity index (χ0n) is 15.1. The highest BCUT2D eigenvalue weighted by molar-refractivity contribution is 9.10. The van der Waals surface area contributed by atoms with Crippen LogP contribution in [0.4, 0.5) is 5.13 Å². The molecule has 0 atom stereocenters. The number of halogens is 1. The molecule has 0 saturated carbocycles. The summed E-state index contributed by atoms with van der Waals surface area (Å²) >= 11 is 4.85. The molecule has 3 aromatic rings. The highest BCUT2D eigenvalue weighted by Crippen LogP contribution is 2.29. The van der Waals surface area contributed by atoms with Crippen molar-refractivity contribution in [1.82, 2.24) is 30.1 Å². The molecule has 10 nitrogen and oxygen atoms in total. The molecular weight excluding hydrogens is 462 g/mol. The lowest BCUT2D eigenvalue weighted by molar-refractivity contribution is -0.138. The van der Waals surface area contributed by atoms with Crippen molar-refractivity contribution in [1.29, 1.82) is 0 Å². The summed E-state index contributed by atoms with van der Waals surface area (Å²) in [6.45, 7) is 2.20. The van der Waals surface area contributed by atoms with Crippen LogP contribution in [0.1, 0.15) is 10.4 Å². The van der Waals surface area contributed by atoms with Crippen molar-refractivity contribution in [3.05, 3.63) is 40.5 Å². The number of aliphatic carboxylic acids is 1. The number of tetrazole rings is 1. The van der Waals surface area contributed by atoms with Crippen molar-refractivity contribution in [3.8, 4) is 10.7 Å². The Kier molecular flexibility index (Phi) is 5.53. The molecular formula is C17H16BrN7O3S. The molecule has 1 saturated heterocycles. The average Bonchev–Trinajstić information content (AvgIpc) is 3.37. The van der Waals surface area contributed by atoms with Crippen LogP contribution in [0, 0.1) is 0 Å². The van der Waals surface area contributed by atoms with E-state index in [1.807, 2.05) is 29.2 Å². The molecule has 1 fully saturated rings. The molecule has 0 bridgehead atoms. The van der Waals surface area contributed by atoms with E-state index >= 15 is 0 Å². The van der Waals surface area contributed by atoms with Gasteiger partial charge in [0.2, 0.25) is 5.82 Å². The van der Waals surface area contributed by atoms with Gasteiger partial charge < -0.3 is 14.9 Å². The lowest BCUT2D eigenvalue weighted by Gasteiger charge is -2.34. The van der Waals surface area contributed by atoms with Crippen molar-refractivity contribution in [2.24, 2.45) is 0 Å². The van der Waals surface area contributed by atoms with E-state index in [2.05, 4.69) is 41.2 Å². The van der Waals surface area contributed by atoms with Crippen molar-refractivity contribution in [2.75, 3.05) is 31.1 Å². The topological polar surface area (TPSA) is 117 Å². The number of hydrogen-bond acceptors (Lipinski definition) is 8. The Morgan fingerprint density at radius 3 is 2.66 bits per heavy atom. The maximum Gasteiger partial charge on any atom is 0.327 e. The van der Waals surface area contributed by atoms with Gasteiger partial charge in [0.25, 0.3) is 5.91 Å². The van der Waals surface area contributed by atoms with Crippen LogP contribution >= 0.6 is 27.3 Å². The Balaban J connectivity index is 1.39. The van der Waals surface area contributed by atoms with Crippen LogP contribution < -0.4 is 4.90 Å². The fourth-order valence-electron chi connectivity index (χ4n) is 2.95. The molecule has 2 aromatic heterocycles. The number of piperazine rings is 1. The SMILES string of the molecule is O=C(O)Cn1nnc(-c2cnc(N3CCN(C(=O)c4ccccc4Br)CC3)s2)n1. The van der Waals surface area contributed by atoms with E-state index in [9.17, 15) is 9.59 Å². The number of carboxylic acids is 1. The van der Waals surface area contributed by atoms with Crippen LogP contribution in [-0.2, 0) is 11.3 Å². The molecule has 0 spiro atoms. The normalized spacial score (nSPS) is 14.2. The first-order valence-corrected chi connectivity index (χ1v) is 10.4. The molecule has 1 aromatic carbocycles. The first-order chi connectivity index (χ1) is 14.0. The Hall–Kier alpha value is -2.86. The van der Waals surface area contributed by atoms with E-state index < -0.39 is 5.97 Å². The van der Waals surface area contributed by atoms with Gasteiger partial charge in [-0.3, -0.25) is 9.59 Å². The van der Waals surface area contributed by atoms with Crippen LogP contribution in [-0.4, -0.2) is 73.3 Å². The van der Waals surface area contributed by atoms with Gasteiger partial charge in [-0.15, -0.1) is 10.2 Å². The number of carboxylic acid groups (broad SMARTS) is 1. The minimum atomic E-state index is -1.03. The highest BCUT2D eigenvalue weighted by atomic mass is 79.9. The van der Waals surface area contributed by atoms with Gasteiger partial charge >= 0.3 is 5.97 Å². The van der Waals surface area contributed by atoms with Gasteiger partial charge in [0, 0.05) is 30.7 Å². The minimum absolute atomic E-state index is 0.0104. The molecule has 0 unspecified atom stereocenters. The minimum Gasteiger partial charge on any atom is -0.480 e. The highest BCUT2D eigenvalue weighted by Gasteiger charge is 2.25. The Labute approximate surface area is 177 Å². The predicted octanol–water partition coefficient (Wildman–Crippen LogP) is 1.61. The van der Waals surface area contributed by atoms with E-state index in [0.717, 1.165) is 14.4 Å². The van der Waals surface area contributed by atoms with Crippen LogP contribution in [0.2, 0.25) is 0 Å². The summed E-state index contributed by atoms with van der Waals surface area (Å²) < 4.78 is 0.792. The van der Waals surface area contributed by atoms with Crippen molar-refractivity contribution in [2.45, 2.75) is 6.54 Å². The number of amides is 1. The third-order valence-electron chi connectivity index (χ3n) is 4.39. The Morgan fingerprint density at radius 1 is 1.17 bits per heavy atom. The Bertz CT molecular complexity index is 1050. The Morgan fingerprint density at radius 2 is 1.93 bits per heavy atom. The third kappa shape index (κ3) is 4.27. The van der Waals surface area contributed by atoms with Gasteiger partial charge in [-0.25, -0.2) is 4.98 Å². The van der Waals surface area contributed by atoms with Crippen molar-refractivity contribution < 1.29 is 14.7 Å². The van der Waals surface area contributed by atoms with E-state index in [-0.39, 0.29) is 12.5 Å². The first-order valence-electron chi connectivity index (χ1n) is 8.76. The summed E-state index contributed by atoms with van der Waals surface area (Å²) in [4.78, 5) is 33.6. The van der Waals surface area contributed by atoms with Crippen LogP contribution in [0.5, 0.6) is 0 Å². The van der Waals surface area contributed by atoms with Gasteiger partial charge in [-0.05, 0) is 33.3 Å². The monoisotopic (exact) mass is 477 g/mol. The smallest absolute Gasteiger partial charge is 0.327 e. The number of benzene rings is 1. The maximum absolute atomic E-state index is 12.7. The van der Waals surface area contributed by atoms with E-state index in [4.69, 9.17) is 5.11 Å².